The molecule has 0 atom stereocenters. The molecule has 0 heterocycles. The summed E-state index contributed by atoms with van der Waals surface area (Å²) in [6.07, 6.45) is 0. The minimum Gasteiger partial charge on any atom is -0.400 e. The van der Waals surface area contributed by atoms with Gasteiger partial charge >= 0.3 is 0 Å². The molecule has 1 aliphatic carbocycles. The van der Waals surface area contributed by atoms with Crippen molar-refractivity contribution < 1.29 is 4.79 Å². The number of carbonyl (C=O) groups is 1. The van der Waals surface area contributed by atoms with Crippen LogP contribution in [0, 0.1) is 5.41 Å². The van der Waals surface area contributed by atoms with Gasteiger partial charge < -0.3 is 5.73 Å². The Hall–Kier alpha value is -0.310. The lowest BCUT2D eigenvalue weighted by Gasteiger charge is -2.33. The molecule has 3 heteroatoms. The fourth-order valence-electron chi connectivity index (χ4n) is 0.731. The first-order valence-electron chi connectivity index (χ1n) is 2.68. The molecule has 0 spiro atoms. The summed E-state index contributed by atoms with van der Waals surface area (Å²) in [5.74, 6) is 0.0972. The fourth-order valence-corrected chi connectivity index (χ4v) is 1.72. The van der Waals surface area contributed by atoms with E-state index in [0.717, 1.165) is 0 Å². The van der Waals surface area contributed by atoms with Crippen LogP contribution in [0.5, 0.6) is 0 Å². The van der Waals surface area contributed by atoms with E-state index in [0.29, 0.717) is 10.2 Å². The lowest BCUT2D eigenvalue weighted by Crippen LogP contribution is -2.41. The molecule has 0 amide bonds. The maximum atomic E-state index is 10.9. The van der Waals surface area contributed by atoms with Gasteiger partial charge in [-0.3, -0.25) is 4.79 Å². The van der Waals surface area contributed by atoms with Gasteiger partial charge in [-0.05, 0) is 29.8 Å². The summed E-state index contributed by atoms with van der Waals surface area (Å²) in [5.41, 5.74) is 5.74. The Balaban J connectivity index is 3.06. The Bertz CT molecular complexity index is 205. The van der Waals surface area contributed by atoms with E-state index < -0.39 is 5.41 Å². The lowest BCUT2D eigenvalue weighted by atomic mass is 9.75. The first-order chi connectivity index (χ1) is 3.98. The molecule has 1 rings (SSSR count). The molecule has 0 unspecified atom stereocenters. The Morgan fingerprint density at radius 2 is 2.00 bits per heavy atom. The van der Waals surface area contributed by atoms with Crippen molar-refractivity contribution in [2.24, 2.45) is 11.1 Å². The summed E-state index contributed by atoms with van der Waals surface area (Å²) in [6.45, 7) is 3.63. The van der Waals surface area contributed by atoms with Gasteiger partial charge in [0.15, 0.2) is 5.78 Å². The monoisotopic (exact) mass is 189 g/mol. The van der Waals surface area contributed by atoms with Crippen LogP contribution in [-0.2, 0) is 4.79 Å². The van der Waals surface area contributed by atoms with Crippen LogP contribution in [0.3, 0.4) is 0 Å². The molecule has 9 heavy (non-hydrogen) atoms. The van der Waals surface area contributed by atoms with Crippen molar-refractivity contribution >= 4 is 21.7 Å². The average Bonchev–Trinajstić information content (AvgIpc) is 1.84. The van der Waals surface area contributed by atoms with E-state index in [1.54, 1.807) is 0 Å². The van der Waals surface area contributed by atoms with Crippen molar-refractivity contribution in [1.82, 2.24) is 0 Å². The van der Waals surface area contributed by atoms with Crippen LogP contribution in [-0.4, -0.2) is 5.78 Å². The van der Waals surface area contributed by atoms with Gasteiger partial charge in [0.1, 0.15) is 0 Å². The van der Waals surface area contributed by atoms with Crippen molar-refractivity contribution in [1.29, 1.82) is 0 Å². The van der Waals surface area contributed by atoms with Crippen LogP contribution in [0.15, 0.2) is 10.2 Å². The van der Waals surface area contributed by atoms with Gasteiger partial charge in [0, 0.05) is 5.70 Å². The molecule has 2 N–H and O–H groups in total. The Kier molecular flexibility index (Phi) is 1.21. The second kappa shape index (κ2) is 1.59. The molecule has 0 aromatic carbocycles. The van der Waals surface area contributed by atoms with Crippen LogP contribution in [0.1, 0.15) is 13.8 Å². The van der Waals surface area contributed by atoms with Gasteiger partial charge in [-0.25, -0.2) is 0 Å². The Morgan fingerprint density at radius 1 is 1.56 bits per heavy atom. The summed E-state index contributed by atoms with van der Waals surface area (Å²) in [7, 11) is 0. The summed E-state index contributed by atoms with van der Waals surface area (Å²) in [4.78, 5) is 10.9. The van der Waals surface area contributed by atoms with Gasteiger partial charge in [-0.15, -0.1) is 0 Å². The normalized spacial score (nSPS) is 24.1. The number of allylic oxidation sites excluding steroid dienone is 2. The zero-order chi connectivity index (χ0) is 7.23. The van der Waals surface area contributed by atoms with Gasteiger partial charge in [0.25, 0.3) is 0 Å². The predicted octanol–water partition coefficient (Wildman–Crippen LogP) is 1.16. The first-order valence-corrected chi connectivity index (χ1v) is 3.47. The van der Waals surface area contributed by atoms with Crippen molar-refractivity contribution in [2.45, 2.75) is 13.8 Å². The number of Topliss-reactive ketones (excluding diaryl/α,β-unsaturated/α-hetero) is 1. The minimum atomic E-state index is -0.418. The molecule has 0 aromatic rings. The topological polar surface area (TPSA) is 43.1 Å². The van der Waals surface area contributed by atoms with E-state index in [4.69, 9.17) is 5.73 Å². The van der Waals surface area contributed by atoms with Crippen LogP contribution < -0.4 is 5.73 Å². The fraction of sp³-hybridized carbons (Fsp3) is 0.500. The molecule has 0 aromatic heterocycles. The zero-order valence-corrected chi connectivity index (χ0v) is 6.95. The van der Waals surface area contributed by atoms with Crippen molar-refractivity contribution in [3.8, 4) is 0 Å². The van der Waals surface area contributed by atoms with Gasteiger partial charge in [0.05, 0.1) is 9.90 Å². The van der Waals surface area contributed by atoms with E-state index in [2.05, 4.69) is 15.9 Å². The second-order valence-corrected chi connectivity index (χ2v) is 3.47. The standard InChI is InChI=1S/C6H8BrNO/c1-6(2)4(8)3(7)5(6)9/h8H2,1-2H3. The maximum absolute atomic E-state index is 10.9. The van der Waals surface area contributed by atoms with Crippen LogP contribution in [0.4, 0.5) is 0 Å². The van der Waals surface area contributed by atoms with Crippen LogP contribution >= 0.6 is 15.9 Å². The Labute approximate surface area is 62.2 Å². The molecular weight excluding hydrogens is 182 g/mol. The first kappa shape index (κ1) is 6.81. The second-order valence-electron chi connectivity index (χ2n) is 2.68. The Morgan fingerprint density at radius 3 is 2.11 bits per heavy atom. The number of rotatable bonds is 0. The number of carbonyl (C=O) groups excluding carboxylic acids is 1. The van der Waals surface area contributed by atoms with E-state index in [1.807, 2.05) is 13.8 Å². The average molecular weight is 190 g/mol. The molecule has 0 saturated heterocycles. The van der Waals surface area contributed by atoms with Gasteiger partial charge in [-0.2, -0.15) is 0 Å². The SMILES string of the molecule is CC1(C)C(=O)C(Br)=C1N. The minimum absolute atomic E-state index is 0.0972. The number of nitrogens with two attached hydrogens (primary N) is 1. The number of hydrogen-bond donors (Lipinski definition) is 1. The number of halogens is 1. The molecule has 50 valence electrons. The van der Waals surface area contributed by atoms with Crippen LogP contribution in [0.25, 0.3) is 0 Å². The third-order valence-corrected chi connectivity index (χ3v) is 2.46. The molecule has 1 aliphatic rings. The quantitative estimate of drug-likeness (QED) is 0.622. The summed E-state index contributed by atoms with van der Waals surface area (Å²) >= 11 is 3.07. The molecule has 0 bridgehead atoms. The molecular formula is C6H8BrNO. The molecule has 2 nitrogen and oxygen atoms in total. The van der Waals surface area contributed by atoms with Crippen molar-refractivity contribution in [2.75, 3.05) is 0 Å². The van der Waals surface area contributed by atoms with Gasteiger partial charge in [0.2, 0.25) is 0 Å². The lowest BCUT2D eigenvalue weighted by molar-refractivity contribution is -0.123. The maximum Gasteiger partial charge on any atom is 0.183 e. The molecule has 0 fully saturated rings. The van der Waals surface area contributed by atoms with E-state index >= 15 is 0 Å². The molecule has 0 saturated carbocycles. The third-order valence-electron chi connectivity index (χ3n) is 1.68. The van der Waals surface area contributed by atoms with E-state index in [1.165, 1.54) is 0 Å². The van der Waals surface area contributed by atoms with Crippen molar-refractivity contribution in [3.63, 3.8) is 0 Å². The summed E-state index contributed by atoms with van der Waals surface area (Å²) in [6, 6.07) is 0. The van der Waals surface area contributed by atoms with E-state index in [9.17, 15) is 4.79 Å². The number of ketones is 1. The summed E-state index contributed by atoms with van der Waals surface area (Å²) < 4.78 is 0.549. The molecule has 0 aliphatic heterocycles. The van der Waals surface area contributed by atoms with Crippen LogP contribution in [0.2, 0.25) is 0 Å². The van der Waals surface area contributed by atoms with Gasteiger partial charge in [-0.1, -0.05) is 0 Å². The van der Waals surface area contributed by atoms with E-state index in [-0.39, 0.29) is 5.78 Å². The van der Waals surface area contributed by atoms with Crippen molar-refractivity contribution in [3.05, 3.63) is 10.2 Å². The third kappa shape index (κ3) is 0.642. The predicted molar refractivity (Wildman–Crippen MR) is 38.9 cm³/mol. The highest BCUT2D eigenvalue weighted by Crippen LogP contribution is 2.41. The smallest absolute Gasteiger partial charge is 0.183 e. The highest BCUT2D eigenvalue weighted by atomic mass is 79.9. The largest absolute Gasteiger partial charge is 0.400 e. The molecule has 0 radical (unpaired) electrons. The zero-order valence-electron chi connectivity index (χ0n) is 5.36. The highest BCUT2D eigenvalue weighted by Gasteiger charge is 2.43. The number of hydrogen-bond acceptors (Lipinski definition) is 2. The highest BCUT2D eigenvalue weighted by molar-refractivity contribution is 9.12. The summed E-state index contributed by atoms with van der Waals surface area (Å²) in [5, 5.41) is 0.